The van der Waals surface area contributed by atoms with Crippen molar-refractivity contribution in [2.24, 2.45) is 0 Å². The molecule has 11 heteroatoms. The molecule has 0 aliphatic carbocycles. The molecule has 0 saturated carbocycles. The molecular weight excluding hydrogens is 383 g/mol. The molecule has 0 aliphatic rings. The van der Waals surface area contributed by atoms with E-state index in [0.29, 0.717) is 17.2 Å². The van der Waals surface area contributed by atoms with Crippen LogP contribution in [-0.2, 0) is 10.0 Å². The third kappa shape index (κ3) is 3.75. The van der Waals surface area contributed by atoms with E-state index in [9.17, 15) is 23.3 Å². The summed E-state index contributed by atoms with van der Waals surface area (Å²) in [6.07, 6.45) is 0. The molecule has 0 unspecified atom stereocenters. The Bertz CT molecular complexity index is 928. The predicted octanol–water partition coefficient (Wildman–Crippen LogP) is 3.40. The van der Waals surface area contributed by atoms with Gasteiger partial charge in [0.05, 0.1) is 15.5 Å². The van der Waals surface area contributed by atoms with Gasteiger partial charge in [0.2, 0.25) is 0 Å². The van der Waals surface area contributed by atoms with Crippen LogP contribution in [0, 0.1) is 10.1 Å². The number of nitro benzene ring substituents is 1. The smallest absolute Gasteiger partial charge is 0.337 e. The highest BCUT2D eigenvalue weighted by atomic mass is 35.5. The van der Waals surface area contributed by atoms with E-state index in [1.165, 1.54) is 24.3 Å². The van der Waals surface area contributed by atoms with Crippen molar-refractivity contribution < 1.29 is 23.2 Å². The molecule has 0 spiro atoms. The lowest BCUT2D eigenvalue weighted by molar-refractivity contribution is -0.387. The molecule has 2 rings (SSSR count). The van der Waals surface area contributed by atoms with Crippen LogP contribution in [0.3, 0.4) is 0 Å². The first-order valence-corrected chi connectivity index (χ1v) is 8.35. The van der Waals surface area contributed by atoms with Crippen LogP contribution in [0.15, 0.2) is 41.3 Å². The molecule has 0 heterocycles. The number of nitrogens with one attached hydrogen (secondary N) is 1. The van der Waals surface area contributed by atoms with Crippen LogP contribution in [0.25, 0.3) is 0 Å². The van der Waals surface area contributed by atoms with Crippen molar-refractivity contribution in [2.45, 2.75) is 4.90 Å². The topological polar surface area (TPSA) is 127 Å². The number of nitro groups is 1. The van der Waals surface area contributed by atoms with Gasteiger partial charge in [0.25, 0.3) is 15.7 Å². The van der Waals surface area contributed by atoms with Crippen LogP contribution in [0.4, 0.5) is 11.4 Å². The Morgan fingerprint density at radius 2 is 1.75 bits per heavy atom. The third-order valence-electron chi connectivity index (χ3n) is 2.86. The zero-order valence-corrected chi connectivity index (χ0v) is 13.9. The number of halogens is 2. The highest BCUT2D eigenvalue weighted by Gasteiger charge is 2.29. The Morgan fingerprint density at radius 1 is 1.17 bits per heavy atom. The maximum Gasteiger partial charge on any atom is 0.337 e. The second-order valence-corrected chi connectivity index (χ2v) is 6.97. The summed E-state index contributed by atoms with van der Waals surface area (Å²) in [6.45, 7) is 0. The minimum atomic E-state index is -4.43. The molecule has 0 aromatic heterocycles. The van der Waals surface area contributed by atoms with Crippen molar-refractivity contribution in [1.82, 2.24) is 0 Å². The molecule has 0 saturated heterocycles. The lowest BCUT2D eigenvalue weighted by Gasteiger charge is -2.10. The maximum absolute atomic E-state index is 12.4. The van der Waals surface area contributed by atoms with E-state index < -0.39 is 42.1 Å². The second kappa shape index (κ2) is 6.63. The van der Waals surface area contributed by atoms with Crippen molar-refractivity contribution in [3.8, 4) is 0 Å². The number of sulfonamides is 1. The Balaban J connectivity index is 2.59. The van der Waals surface area contributed by atoms with Crippen molar-refractivity contribution in [1.29, 1.82) is 0 Å². The van der Waals surface area contributed by atoms with E-state index in [0.717, 1.165) is 0 Å². The summed E-state index contributed by atoms with van der Waals surface area (Å²) in [5.74, 6) is -1.52. The number of carbonyl (C=O) groups is 1. The highest BCUT2D eigenvalue weighted by Crippen LogP contribution is 2.32. The first kappa shape index (κ1) is 18.0. The summed E-state index contributed by atoms with van der Waals surface area (Å²) in [5, 5.41) is 20.0. The van der Waals surface area contributed by atoms with Gasteiger partial charge in [-0.25, -0.2) is 13.2 Å². The molecule has 0 fully saturated rings. The SMILES string of the molecule is O=C(O)c1cc(S(=O)(=O)Nc2ccc(Cl)cc2)c([N+](=O)[O-])cc1Cl. The number of hydrogen-bond acceptors (Lipinski definition) is 5. The number of rotatable bonds is 5. The average molecular weight is 391 g/mol. The number of benzene rings is 2. The number of carboxylic acid groups (broad SMARTS) is 1. The zero-order chi connectivity index (χ0) is 18.1. The summed E-state index contributed by atoms with van der Waals surface area (Å²) in [7, 11) is -4.43. The van der Waals surface area contributed by atoms with E-state index in [-0.39, 0.29) is 5.69 Å². The molecule has 8 nitrogen and oxygen atoms in total. The van der Waals surface area contributed by atoms with Gasteiger partial charge >= 0.3 is 5.97 Å². The molecule has 2 aromatic carbocycles. The van der Waals surface area contributed by atoms with Crippen LogP contribution in [0.2, 0.25) is 10.0 Å². The Kier molecular flexibility index (Phi) is 4.97. The molecule has 0 aliphatic heterocycles. The van der Waals surface area contributed by atoms with Gasteiger partial charge < -0.3 is 5.11 Å². The molecule has 0 atom stereocenters. The maximum atomic E-state index is 12.4. The van der Waals surface area contributed by atoms with Crippen molar-refractivity contribution in [2.75, 3.05) is 4.72 Å². The van der Waals surface area contributed by atoms with Crippen molar-refractivity contribution >= 4 is 50.6 Å². The monoisotopic (exact) mass is 390 g/mol. The number of nitrogens with zero attached hydrogens (tertiary/aromatic N) is 1. The fourth-order valence-electron chi connectivity index (χ4n) is 1.79. The quantitative estimate of drug-likeness (QED) is 0.594. The number of carboxylic acids is 1. The van der Waals surface area contributed by atoms with E-state index in [1.807, 2.05) is 0 Å². The summed E-state index contributed by atoms with van der Waals surface area (Å²) < 4.78 is 26.9. The molecular formula is C13H8Cl2N2O6S. The van der Waals surface area contributed by atoms with Crippen molar-refractivity contribution in [3.63, 3.8) is 0 Å². The molecule has 0 bridgehead atoms. The fraction of sp³-hybridized carbons (Fsp3) is 0. The van der Waals surface area contributed by atoms with E-state index >= 15 is 0 Å². The van der Waals surface area contributed by atoms with Gasteiger partial charge in [0, 0.05) is 16.8 Å². The van der Waals surface area contributed by atoms with Gasteiger partial charge in [0.1, 0.15) is 0 Å². The van der Waals surface area contributed by atoms with E-state index in [2.05, 4.69) is 4.72 Å². The van der Waals surface area contributed by atoms with Gasteiger partial charge in [-0.1, -0.05) is 23.2 Å². The fourth-order valence-corrected chi connectivity index (χ4v) is 3.40. The first-order valence-electron chi connectivity index (χ1n) is 6.11. The van der Waals surface area contributed by atoms with Gasteiger partial charge in [-0.2, -0.15) is 0 Å². The molecule has 126 valence electrons. The summed E-state index contributed by atoms with van der Waals surface area (Å²) in [6, 6.07) is 6.85. The zero-order valence-electron chi connectivity index (χ0n) is 11.6. The standard InChI is InChI=1S/C13H8Cl2N2O6S/c14-7-1-3-8(4-2-7)16-24(22,23)12-5-9(13(18)19)10(15)6-11(12)17(20)21/h1-6,16H,(H,18,19). The van der Waals surface area contributed by atoms with E-state index in [4.69, 9.17) is 28.3 Å². The van der Waals surface area contributed by atoms with Crippen LogP contribution in [0.1, 0.15) is 10.4 Å². The third-order valence-corrected chi connectivity index (χ3v) is 4.84. The Morgan fingerprint density at radius 3 is 2.25 bits per heavy atom. The second-order valence-electron chi connectivity index (χ2n) is 4.47. The van der Waals surface area contributed by atoms with Crippen LogP contribution in [-0.4, -0.2) is 24.4 Å². The largest absolute Gasteiger partial charge is 0.478 e. The first-order chi connectivity index (χ1) is 11.1. The van der Waals surface area contributed by atoms with Gasteiger partial charge in [0.15, 0.2) is 4.90 Å². The molecule has 2 N–H and O–H groups in total. The van der Waals surface area contributed by atoms with Crippen LogP contribution in [0.5, 0.6) is 0 Å². The van der Waals surface area contributed by atoms with Gasteiger partial charge in [-0.05, 0) is 30.3 Å². The number of hydrogen-bond donors (Lipinski definition) is 2. The van der Waals surface area contributed by atoms with Gasteiger partial charge in [-0.3, -0.25) is 14.8 Å². The minimum Gasteiger partial charge on any atom is -0.478 e. The van der Waals surface area contributed by atoms with Crippen LogP contribution >= 0.6 is 23.2 Å². The molecule has 24 heavy (non-hydrogen) atoms. The summed E-state index contributed by atoms with van der Waals surface area (Å²) in [4.78, 5) is 20.4. The number of anilines is 1. The molecule has 2 aromatic rings. The summed E-state index contributed by atoms with van der Waals surface area (Å²) >= 11 is 11.3. The van der Waals surface area contributed by atoms with E-state index in [1.54, 1.807) is 0 Å². The Labute approximate surface area is 145 Å². The minimum absolute atomic E-state index is 0.0977. The highest BCUT2D eigenvalue weighted by molar-refractivity contribution is 7.92. The molecule has 0 radical (unpaired) electrons. The van der Waals surface area contributed by atoms with Crippen molar-refractivity contribution in [3.05, 3.63) is 62.1 Å². The lowest BCUT2D eigenvalue weighted by atomic mass is 10.2. The summed E-state index contributed by atoms with van der Waals surface area (Å²) in [5.41, 5.74) is -1.31. The lowest BCUT2D eigenvalue weighted by Crippen LogP contribution is -2.16. The molecule has 0 amide bonds. The Hall–Kier alpha value is -2.36. The van der Waals surface area contributed by atoms with Crippen LogP contribution < -0.4 is 4.72 Å². The predicted molar refractivity (Wildman–Crippen MR) is 87.3 cm³/mol. The normalized spacial score (nSPS) is 11.1. The van der Waals surface area contributed by atoms with Gasteiger partial charge in [-0.15, -0.1) is 0 Å². The average Bonchev–Trinajstić information content (AvgIpc) is 2.48. The number of aromatic carboxylic acids is 1.